The standard InChI is InChI=1S/C15H20N4S/c1-10(2)14(9-18(3)4)19-13-7-11(8-16)5-6-12(13)17-15(19)20/h5-7,10,14H,9H2,1-4H3,(H,17,20). The van der Waals surface area contributed by atoms with Crippen molar-refractivity contribution in [3.63, 3.8) is 0 Å². The SMILES string of the molecule is CC(C)C(CN(C)C)n1c(=S)[nH]c2ccc(C#N)cc21. The van der Waals surface area contributed by atoms with Crippen LogP contribution in [0.3, 0.4) is 0 Å². The molecule has 1 aromatic heterocycles. The van der Waals surface area contributed by atoms with E-state index in [9.17, 15) is 0 Å². The van der Waals surface area contributed by atoms with Gasteiger partial charge in [-0.15, -0.1) is 0 Å². The largest absolute Gasteiger partial charge is 0.331 e. The summed E-state index contributed by atoms with van der Waals surface area (Å²) in [5.74, 6) is 0.453. The third-order valence-corrected chi connectivity index (χ3v) is 3.80. The maximum absolute atomic E-state index is 9.08. The molecule has 0 spiro atoms. The Bertz CT molecular complexity index is 703. The zero-order valence-electron chi connectivity index (χ0n) is 12.3. The van der Waals surface area contributed by atoms with E-state index < -0.39 is 0 Å². The first-order valence-electron chi connectivity index (χ1n) is 6.73. The highest BCUT2D eigenvalue weighted by molar-refractivity contribution is 7.71. The average Bonchev–Trinajstić information content (AvgIpc) is 2.70. The van der Waals surface area contributed by atoms with Crippen LogP contribution in [0.1, 0.15) is 25.5 Å². The molecule has 0 aliphatic heterocycles. The van der Waals surface area contributed by atoms with Crippen LogP contribution in [-0.4, -0.2) is 35.1 Å². The van der Waals surface area contributed by atoms with E-state index in [-0.39, 0.29) is 6.04 Å². The number of imidazole rings is 1. The molecule has 0 fully saturated rings. The fourth-order valence-corrected chi connectivity index (χ4v) is 2.83. The molecule has 0 bridgehead atoms. The summed E-state index contributed by atoms with van der Waals surface area (Å²) in [4.78, 5) is 5.40. The van der Waals surface area contributed by atoms with Gasteiger partial charge in [0.2, 0.25) is 0 Å². The van der Waals surface area contributed by atoms with Crippen molar-refractivity contribution in [2.45, 2.75) is 19.9 Å². The van der Waals surface area contributed by atoms with E-state index in [0.717, 1.165) is 22.3 Å². The van der Waals surface area contributed by atoms with Gasteiger partial charge < -0.3 is 14.5 Å². The van der Waals surface area contributed by atoms with Gasteiger partial charge in [-0.3, -0.25) is 0 Å². The quantitative estimate of drug-likeness (QED) is 0.878. The van der Waals surface area contributed by atoms with Crippen LogP contribution in [0, 0.1) is 22.0 Å². The van der Waals surface area contributed by atoms with E-state index in [4.69, 9.17) is 17.5 Å². The van der Waals surface area contributed by atoms with Crippen LogP contribution < -0.4 is 0 Å². The van der Waals surface area contributed by atoms with Crippen molar-refractivity contribution in [1.29, 1.82) is 5.26 Å². The lowest BCUT2D eigenvalue weighted by atomic mass is 10.0. The van der Waals surface area contributed by atoms with E-state index >= 15 is 0 Å². The Morgan fingerprint density at radius 3 is 2.65 bits per heavy atom. The molecule has 106 valence electrons. The second kappa shape index (κ2) is 5.78. The van der Waals surface area contributed by atoms with Crippen molar-refractivity contribution < 1.29 is 0 Å². The minimum absolute atomic E-state index is 0.278. The third-order valence-electron chi connectivity index (χ3n) is 3.50. The molecule has 0 aliphatic carbocycles. The molecule has 2 rings (SSSR count). The van der Waals surface area contributed by atoms with Crippen molar-refractivity contribution in [2.75, 3.05) is 20.6 Å². The molecule has 1 aromatic carbocycles. The Hall–Kier alpha value is -1.64. The van der Waals surface area contributed by atoms with Gasteiger partial charge in [0, 0.05) is 6.54 Å². The van der Waals surface area contributed by atoms with Gasteiger partial charge in [0.15, 0.2) is 4.77 Å². The third kappa shape index (κ3) is 2.77. The van der Waals surface area contributed by atoms with E-state index in [1.807, 2.05) is 18.2 Å². The Labute approximate surface area is 124 Å². The normalized spacial score (nSPS) is 13.1. The lowest BCUT2D eigenvalue weighted by Gasteiger charge is -2.26. The van der Waals surface area contributed by atoms with E-state index in [0.29, 0.717) is 11.5 Å². The number of nitrogens with zero attached hydrogens (tertiary/aromatic N) is 3. The first kappa shape index (κ1) is 14.8. The van der Waals surface area contributed by atoms with Gasteiger partial charge in [0.05, 0.1) is 28.7 Å². The molecule has 1 heterocycles. The number of aromatic nitrogens is 2. The molecular weight excluding hydrogens is 268 g/mol. The summed E-state index contributed by atoms with van der Waals surface area (Å²) in [6.45, 7) is 5.31. The molecule has 4 nitrogen and oxygen atoms in total. The number of hydrogen-bond acceptors (Lipinski definition) is 3. The van der Waals surface area contributed by atoms with E-state index in [1.54, 1.807) is 0 Å². The number of nitrogens with one attached hydrogen (secondary N) is 1. The molecule has 1 N–H and O–H groups in total. The summed E-state index contributed by atoms with van der Waals surface area (Å²) in [6.07, 6.45) is 0. The number of aromatic amines is 1. The van der Waals surface area contributed by atoms with Crippen LogP contribution >= 0.6 is 12.2 Å². The fraction of sp³-hybridized carbons (Fsp3) is 0.467. The molecule has 1 atom stereocenters. The smallest absolute Gasteiger partial charge is 0.178 e. The second-order valence-corrected chi connectivity index (χ2v) is 6.10. The van der Waals surface area contributed by atoms with Gasteiger partial charge in [-0.2, -0.15) is 5.26 Å². The van der Waals surface area contributed by atoms with Gasteiger partial charge in [0.1, 0.15) is 0 Å². The topological polar surface area (TPSA) is 47.8 Å². The summed E-state index contributed by atoms with van der Waals surface area (Å²) in [5.41, 5.74) is 2.65. The fourth-order valence-electron chi connectivity index (χ4n) is 2.49. The number of nitriles is 1. The van der Waals surface area contributed by atoms with Crippen LogP contribution in [0.2, 0.25) is 0 Å². The highest BCUT2D eigenvalue weighted by Crippen LogP contribution is 2.25. The predicted octanol–water partition coefficient (Wildman–Crippen LogP) is 3.33. The summed E-state index contributed by atoms with van der Waals surface area (Å²) in [7, 11) is 4.13. The molecule has 2 aromatic rings. The minimum atomic E-state index is 0.278. The number of hydrogen-bond donors (Lipinski definition) is 1. The lowest BCUT2D eigenvalue weighted by Crippen LogP contribution is -2.28. The molecule has 0 radical (unpaired) electrons. The maximum Gasteiger partial charge on any atom is 0.178 e. The highest BCUT2D eigenvalue weighted by Gasteiger charge is 2.20. The monoisotopic (exact) mass is 288 g/mol. The Balaban J connectivity index is 2.64. The van der Waals surface area contributed by atoms with Crippen LogP contribution in [0.25, 0.3) is 11.0 Å². The van der Waals surface area contributed by atoms with Gasteiger partial charge in [0.25, 0.3) is 0 Å². The predicted molar refractivity (Wildman–Crippen MR) is 84.3 cm³/mol. The van der Waals surface area contributed by atoms with Crippen molar-refractivity contribution in [2.24, 2.45) is 5.92 Å². The number of H-pyrrole nitrogens is 1. The minimum Gasteiger partial charge on any atom is -0.331 e. The van der Waals surface area contributed by atoms with Crippen molar-refractivity contribution in [3.05, 3.63) is 28.5 Å². The summed E-state index contributed by atoms with van der Waals surface area (Å²) in [5, 5.41) is 9.08. The molecule has 0 amide bonds. The van der Waals surface area contributed by atoms with Gasteiger partial charge in [-0.05, 0) is 50.4 Å². The average molecular weight is 288 g/mol. The summed E-state index contributed by atoms with van der Waals surface area (Å²) in [6, 6.07) is 8.12. The number of likely N-dealkylation sites (N-methyl/N-ethyl adjacent to an activating group) is 1. The van der Waals surface area contributed by atoms with Crippen LogP contribution in [0.4, 0.5) is 0 Å². The van der Waals surface area contributed by atoms with E-state index in [2.05, 4.69) is 48.5 Å². The molecule has 1 unspecified atom stereocenters. The van der Waals surface area contributed by atoms with Gasteiger partial charge in [-0.25, -0.2) is 0 Å². The number of benzene rings is 1. The summed E-state index contributed by atoms with van der Waals surface area (Å²) < 4.78 is 2.87. The first-order chi connectivity index (χ1) is 9.43. The van der Waals surface area contributed by atoms with Gasteiger partial charge >= 0.3 is 0 Å². The van der Waals surface area contributed by atoms with Crippen molar-refractivity contribution >= 4 is 23.3 Å². The molecule has 0 saturated heterocycles. The van der Waals surface area contributed by atoms with Crippen molar-refractivity contribution in [3.8, 4) is 6.07 Å². The second-order valence-electron chi connectivity index (χ2n) is 5.72. The Kier molecular flexibility index (Phi) is 4.26. The maximum atomic E-state index is 9.08. The highest BCUT2D eigenvalue weighted by atomic mass is 32.1. The zero-order valence-corrected chi connectivity index (χ0v) is 13.2. The summed E-state index contributed by atoms with van der Waals surface area (Å²) >= 11 is 5.49. The van der Waals surface area contributed by atoms with Crippen LogP contribution in [0.5, 0.6) is 0 Å². The zero-order chi connectivity index (χ0) is 14.9. The van der Waals surface area contributed by atoms with Crippen molar-refractivity contribution in [1.82, 2.24) is 14.5 Å². The van der Waals surface area contributed by atoms with Gasteiger partial charge in [-0.1, -0.05) is 13.8 Å². The molecule has 20 heavy (non-hydrogen) atoms. The molecule has 5 heteroatoms. The molecular formula is C15H20N4S. The molecule has 0 aliphatic rings. The molecule has 0 saturated carbocycles. The van der Waals surface area contributed by atoms with Crippen LogP contribution in [-0.2, 0) is 0 Å². The first-order valence-corrected chi connectivity index (χ1v) is 7.14. The Morgan fingerprint density at radius 1 is 1.40 bits per heavy atom. The number of rotatable bonds is 4. The number of fused-ring (bicyclic) bond motifs is 1. The van der Waals surface area contributed by atoms with E-state index in [1.165, 1.54) is 0 Å². The van der Waals surface area contributed by atoms with Crippen LogP contribution in [0.15, 0.2) is 18.2 Å². The lowest BCUT2D eigenvalue weighted by molar-refractivity contribution is 0.272. The Morgan fingerprint density at radius 2 is 2.10 bits per heavy atom.